The predicted molar refractivity (Wildman–Crippen MR) is 338 cm³/mol. The van der Waals surface area contributed by atoms with Gasteiger partial charge in [-0.2, -0.15) is 12.1 Å². The van der Waals surface area contributed by atoms with Crippen LogP contribution in [0.15, 0.2) is 182 Å². The number of rotatable bonds is 12. The van der Waals surface area contributed by atoms with Crippen molar-refractivity contribution in [3.63, 3.8) is 0 Å². The van der Waals surface area contributed by atoms with Crippen molar-refractivity contribution in [2.24, 2.45) is 0 Å². The van der Waals surface area contributed by atoms with Gasteiger partial charge < -0.3 is 14.9 Å². The van der Waals surface area contributed by atoms with E-state index in [9.17, 15) is 0 Å². The zero-order valence-corrected chi connectivity index (χ0v) is 52.2. The molecule has 0 aromatic heterocycles. The van der Waals surface area contributed by atoms with E-state index in [2.05, 4.69) is 258 Å². The van der Waals surface area contributed by atoms with Gasteiger partial charge in [-0.15, -0.1) is 69.6 Å². The summed E-state index contributed by atoms with van der Waals surface area (Å²) < 4.78 is 0. The van der Waals surface area contributed by atoms with Crippen LogP contribution in [0.1, 0.15) is 105 Å². The molecule has 0 bridgehead atoms. The maximum atomic E-state index is 3.06. The van der Waals surface area contributed by atoms with Crippen LogP contribution in [0.25, 0.3) is 66.1 Å². The van der Waals surface area contributed by atoms with E-state index in [4.69, 9.17) is 0 Å². The van der Waals surface area contributed by atoms with Crippen LogP contribution in [0.5, 0.6) is 0 Å². The molecule has 10 aromatic carbocycles. The summed E-state index contributed by atoms with van der Waals surface area (Å²) in [6.07, 6.45) is 4.40. The topological polar surface area (TPSA) is 0 Å². The number of benzene rings is 8. The van der Waals surface area contributed by atoms with Crippen LogP contribution < -0.4 is 0 Å². The summed E-state index contributed by atoms with van der Waals surface area (Å²) in [5.74, 6) is 1.06. The number of halogens is 2. The van der Waals surface area contributed by atoms with Gasteiger partial charge in [0.15, 0.2) is 0 Å². The summed E-state index contributed by atoms with van der Waals surface area (Å²) in [5.41, 5.74) is 26.8. The number of hydrogen-bond donors (Lipinski definition) is 0. The maximum absolute atomic E-state index is 3.06. The molecule has 0 aliphatic rings. The number of hydrogen-bond acceptors (Lipinski definition) is 0. The van der Waals surface area contributed by atoms with Gasteiger partial charge in [0.1, 0.15) is 0 Å². The molecule has 0 saturated carbocycles. The summed E-state index contributed by atoms with van der Waals surface area (Å²) in [6.45, 7) is 25.2. The number of fused-ring (bicyclic) bond motifs is 2. The third-order valence-corrected chi connectivity index (χ3v) is 14.5. The molecule has 10 aromatic rings. The second kappa shape index (κ2) is 28.9. The van der Waals surface area contributed by atoms with E-state index in [-0.39, 0.29) is 39.7 Å². The quantitative estimate of drug-likeness (QED) is 0.0845. The molecule has 2 unspecified atom stereocenters. The van der Waals surface area contributed by atoms with Crippen molar-refractivity contribution in [3.8, 4) is 44.5 Å². The van der Waals surface area contributed by atoms with E-state index >= 15 is 0 Å². The second-order valence-electron chi connectivity index (χ2n) is 20.6. The molecule has 0 N–H and O–H groups in total. The molecule has 10 rings (SSSR count). The summed E-state index contributed by atoms with van der Waals surface area (Å²) in [4.78, 5) is 0. The van der Waals surface area contributed by atoms with Crippen molar-refractivity contribution in [2.75, 3.05) is 0 Å². The van der Waals surface area contributed by atoms with Gasteiger partial charge in [-0.3, -0.25) is 0 Å². The first kappa shape index (κ1) is 63.2. The molecule has 0 nitrogen and oxygen atoms in total. The zero-order valence-electron chi connectivity index (χ0n) is 47.1. The van der Waals surface area contributed by atoms with Gasteiger partial charge in [-0.1, -0.05) is 249 Å². The molecule has 0 saturated heterocycles. The summed E-state index contributed by atoms with van der Waals surface area (Å²) in [7, 11) is 0. The third-order valence-electron chi connectivity index (χ3n) is 14.5. The van der Waals surface area contributed by atoms with Crippen molar-refractivity contribution < 1.29 is 23.3 Å². The van der Waals surface area contributed by atoms with Gasteiger partial charge in [-0.05, 0) is 115 Å². The van der Waals surface area contributed by atoms with Gasteiger partial charge >= 0.3 is 30.2 Å². The Hall–Kier alpha value is -5.34. The SMILES string of the molecule is CCC(Cc1cc2c(-c3cc(C)cc(C)c3)ccc(-c3cc(C)cc(C)c3)c2[cH-]1)c1ccccc1.CCC(Cc1cc2c(-c3cc(C)cc(C)c3)ccc(-c3cc(C)cc(C)c3)c2[cH-]1)c1ccccc1.Cl.Cl.[CH3-].[CH3-].[Si]=[Zr]. The fourth-order valence-corrected chi connectivity index (χ4v) is 11.5. The predicted octanol–water partition coefficient (Wildman–Crippen LogP) is 21.1. The molecule has 0 spiro atoms. The Balaban J connectivity index is 0.000000303. The fraction of sp³-hybridized carbons (Fsp3) is 0.222. The minimum atomic E-state index is 0. The summed E-state index contributed by atoms with van der Waals surface area (Å²) >= 11 is 1.36. The van der Waals surface area contributed by atoms with Gasteiger partial charge in [0.05, 0.1) is 0 Å². The van der Waals surface area contributed by atoms with Crippen LogP contribution in [0.3, 0.4) is 0 Å². The van der Waals surface area contributed by atoms with Crippen molar-refractivity contribution in [3.05, 3.63) is 264 Å². The van der Waals surface area contributed by atoms with Crippen LogP contribution in [0, 0.1) is 70.2 Å². The molecule has 0 heterocycles. The van der Waals surface area contributed by atoms with Crippen molar-refractivity contribution in [1.82, 2.24) is 0 Å². The van der Waals surface area contributed by atoms with E-state index in [0.717, 1.165) is 25.7 Å². The Bertz CT molecular complexity index is 2980. The Kier molecular flexibility index (Phi) is 24.0. The van der Waals surface area contributed by atoms with Crippen LogP contribution in [0.4, 0.5) is 0 Å². The van der Waals surface area contributed by atoms with E-state index in [1.165, 1.54) is 156 Å². The van der Waals surface area contributed by atoms with Gasteiger partial charge in [0.2, 0.25) is 0 Å². The molecule has 0 amide bonds. The fourth-order valence-electron chi connectivity index (χ4n) is 11.5. The van der Waals surface area contributed by atoms with E-state index in [0.29, 0.717) is 11.8 Å². The zero-order chi connectivity index (χ0) is 51.1. The molecule has 392 valence electrons. The van der Waals surface area contributed by atoms with Crippen LogP contribution >= 0.6 is 24.8 Å². The van der Waals surface area contributed by atoms with E-state index in [1.807, 2.05) is 0 Å². The van der Waals surface area contributed by atoms with Crippen molar-refractivity contribution in [2.45, 2.75) is 107 Å². The molecule has 2 radical (unpaired) electrons. The van der Waals surface area contributed by atoms with Gasteiger partial charge in [-0.25, -0.2) is 0 Å². The Morgan fingerprint density at radius 1 is 0.355 bits per heavy atom. The van der Waals surface area contributed by atoms with Crippen molar-refractivity contribution >= 4 is 53.2 Å². The molecular formula is C72H78Cl2SiZr-4. The normalized spacial score (nSPS) is 11.3. The van der Waals surface area contributed by atoms with Crippen LogP contribution in [-0.4, -0.2) is 6.88 Å². The minimum absolute atomic E-state index is 0. The number of aryl methyl sites for hydroxylation is 8. The standard InChI is InChI=1S/2C35H35.2CH3.2ClH.Si.Zr/c2*1-6-28(29-10-8-7-9-11-29)20-27-21-34-32(30-16-23(2)14-24(3)17-30)12-13-33(35(34)22-27)31-18-25(4)15-26(5)19-31;;;;;;/h2*7-19,21-22,28H,6,20H2,1-5H3;2*1H3;2*1H;;/q4*-1;;;;. The molecule has 0 aliphatic heterocycles. The average molecular weight is 1130 g/mol. The van der Waals surface area contributed by atoms with Gasteiger partial charge in [0.25, 0.3) is 0 Å². The van der Waals surface area contributed by atoms with Crippen molar-refractivity contribution in [1.29, 1.82) is 0 Å². The Morgan fingerprint density at radius 2 is 0.605 bits per heavy atom. The monoisotopic (exact) mass is 1130 g/mol. The molecular weight excluding hydrogens is 1060 g/mol. The summed E-state index contributed by atoms with van der Waals surface area (Å²) in [6, 6.07) is 68.8. The third kappa shape index (κ3) is 15.0. The molecule has 2 atom stereocenters. The first-order valence-corrected chi connectivity index (χ1v) is 30.1. The Morgan fingerprint density at radius 3 is 0.868 bits per heavy atom. The van der Waals surface area contributed by atoms with Crippen LogP contribution in [0.2, 0.25) is 0 Å². The first-order chi connectivity index (χ1) is 34.8. The Labute approximate surface area is 487 Å². The van der Waals surface area contributed by atoms with Gasteiger partial charge in [0, 0.05) is 0 Å². The first-order valence-electron chi connectivity index (χ1n) is 26.0. The second-order valence-corrected chi connectivity index (χ2v) is 20.6. The molecule has 76 heavy (non-hydrogen) atoms. The molecule has 0 aliphatic carbocycles. The van der Waals surface area contributed by atoms with E-state index in [1.54, 1.807) is 0 Å². The summed E-state index contributed by atoms with van der Waals surface area (Å²) in [5, 5.41) is 5.46. The van der Waals surface area contributed by atoms with E-state index < -0.39 is 0 Å². The average Bonchev–Trinajstić information content (AvgIpc) is 3.99. The van der Waals surface area contributed by atoms with Crippen LogP contribution in [-0.2, 0) is 36.2 Å². The molecule has 4 heteroatoms. The molecule has 0 fully saturated rings.